The molecule has 0 aliphatic rings. The van der Waals surface area contributed by atoms with Crippen LogP contribution in [-0.4, -0.2) is 46.0 Å². The summed E-state index contributed by atoms with van der Waals surface area (Å²) in [6.45, 7) is 2.51. The first-order valence-corrected chi connectivity index (χ1v) is 8.02. The van der Waals surface area contributed by atoms with Gasteiger partial charge in [0.05, 0.1) is 23.8 Å². The number of anilines is 2. The Bertz CT molecular complexity index is 902. The first-order valence-electron chi connectivity index (χ1n) is 8.02. The Morgan fingerprint density at radius 2 is 2.04 bits per heavy atom. The fraction of sp³-hybridized carbons (Fsp3) is 0.278. The van der Waals surface area contributed by atoms with Gasteiger partial charge in [-0.2, -0.15) is 5.10 Å². The van der Waals surface area contributed by atoms with E-state index >= 15 is 0 Å². The lowest BCUT2D eigenvalue weighted by Crippen LogP contribution is -2.21. The zero-order valence-corrected chi connectivity index (χ0v) is 14.5. The Morgan fingerprint density at radius 1 is 1.32 bits per heavy atom. The molecule has 0 unspecified atom stereocenters. The number of aryl methyl sites for hydroxylation is 2. The first kappa shape index (κ1) is 16.9. The van der Waals surface area contributed by atoms with Gasteiger partial charge in [0.25, 0.3) is 5.91 Å². The summed E-state index contributed by atoms with van der Waals surface area (Å²) in [6.07, 6.45) is 1.66. The number of aromatic nitrogens is 3. The van der Waals surface area contributed by atoms with Gasteiger partial charge in [-0.25, -0.2) is 4.98 Å². The fourth-order valence-electron chi connectivity index (χ4n) is 2.70. The minimum Gasteiger partial charge on any atom is -0.395 e. The van der Waals surface area contributed by atoms with Crippen LogP contribution >= 0.6 is 0 Å². The third-order valence-corrected chi connectivity index (χ3v) is 4.08. The number of carbonyl (C=O) groups is 1. The second-order valence-corrected chi connectivity index (χ2v) is 5.96. The molecule has 0 spiro atoms. The molecule has 0 fully saturated rings. The van der Waals surface area contributed by atoms with Crippen molar-refractivity contribution in [2.24, 2.45) is 7.05 Å². The van der Waals surface area contributed by atoms with E-state index in [2.05, 4.69) is 15.4 Å². The van der Waals surface area contributed by atoms with Gasteiger partial charge in [0.2, 0.25) is 0 Å². The molecule has 1 amide bonds. The second-order valence-electron chi connectivity index (χ2n) is 5.96. The summed E-state index contributed by atoms with van der Waals surface area (Å²) >= 11 is 0. The summed E-state index contributed by atoms with van der Waals surface area (Å²) < 4.78 is 1.66. The van der Waals surface area contributed by atoms with Crippen molar-refractivity contribution in [3.8, 4) is 0 Å². The van der Waals surface area contributed by atoms with Crippen LogP contribution in [0.25, 0.3) is 11.0 Å². The van der Waals surface area contributed by atoms with Crippen molar-refractivity contribution in [1.29, 1.82) is 0 Å². The number of fused-ring (bicyclic) bond motifs is 1. The smallest absolute Gasteiger partial charge is 0.256 e. The number of nitrogens with one attached hydrogen (secondary N) is 1. The monoisotopic (exact) mass is 339 g/mol. The van der Waals surface area contributed by atoms with Gasteiger partial charge in [0.1, 0.15) is 0 Å². The molecule has 2 heterocycles. The molecule has 2 N–H and O–H groups in total. The molecule has 0 saturated heterocycles. The van der Waals surface area contributed by atoms with E-state index in [9.17, 15) is 4.79 Å². The summed E-state index contributed by atoms with van der Waals surface area (Å²) in [6, 6.07) is 9.26. The molecule has 25 heavy (non-hydrogen) atoms. The highest BCUT2D eigenvalue weighted by Gasteiger charge is 2.15. The molecule has 130 valence electrons. The SMILES string of the molecule is Cc1cc(C(=O)Nc2ccc(N(C)CCO)cc2)c2cnn(C)c2n1. The van der Waals surface area contributed by atoms with Gasteiger partial charge in [-0.3, -0.25) is 9.48 Å². The number of carbonyl (C=O) groups excluding carboxylic acids is 1. The zero-order chi connectivity index (χ0) is 18.0. The Morgan fingerprint density at radius 3 is 2.72 bits per heavy atom. The van der Waals surface area contributed by atoms with Gasteiger partial charge in [-0.05, 0) is 37.3 Å². The molecule has 2 aromatic heterocycles. The van der Waals surface area contributed by atoms with Crippen LogP contribution in [0.15, 0.2) is 36.5 Å². The number of aliphatic hydroxyl groups is 1. The lowest BCUT2D eigenvalue weighted by Gasteiger charge is -2.18. The van der Waals surface area contributed by atoms with Crippen molar-refractivity contribution in [3.05, 3.63) is 47.8 Å². The van der Waals surface area contributed by atoms with E-state index in [1.165, 1.54) is 0 Å². The third kappa shape index (κ3) is 3.46. The normalized spacial score (nSPS) is 10.9. The fourth-order valence-corrected chi connectivity index (χ4v) is 2.70. The molecule has 7 nitrogen and oxygen atoms in total. The highest BCUT2D eigenvalue weighted by atomic mass is 16.3. The molecular formula is C18H21N5O2. The number of hydrogen-bond acceptors (Lipinski definition) is 5. The third-order valence-electron chi connectivity index (χ3n) is 4.08. The van der Waals surface area contributed by atoms with E-state index in [0.717, 1.165) is 16.8 Å². The predicted octanol–water partition coefficient (Wildman–Crippen LogP) is 1.96. The van der Waals surface area contributed by atoms with Crippen LogP contribution in [0.1, 0.15) is 16.1 Å². The topological polar surface area (TPSA) is 83.3 Å². The van der Waals surface area contributed by atoms with Crippen LogP contribution in [0.2, 0.25) is 0 Å². The van der Waals surface area contributed by atoms with E-state index in [4.69, 9.17) is 5.11 Å². The Balaban J connectivity index is 1.83. The van der Waals surface area contributed by atoms with Gasteiger partial charge >= 0.3 is 0 Å². The van der Waals surface area contributed by atoms with Crippen LogP contribution in [0.5, 0.6) is 0 Å². The van der Waals surface area contributed by atoms with Crippen molar-refractivity contribution in [2.75, 3.05) is 30.4 Å². The van der Waals surface area contributed by atoms with Crippen molar-refractivity contribution in [3.63, 3.8) is 0 Å². The molecule has 0 atom stereocenters. The van der Waals surface area contributed by atoms with Crippen molar-refractivity contribution >= 4 is 28.3 Å². The molecule has 0 radical (unpaired) electrons. The summed E-state index contributed by atoms with van der Waals surface area (Å²) in [5, 5.41) is 16.8. The number of likely N-dealkylation sites (N-methyl/N-ethyl adjacent to an activating group) is 1. The number of amides is 1. The van der Waals surface area contributed by atoms with Gasteiger partial charge in [-0.15, -0.1) is 0 Å². The molecule has 3 aromatic rings. The molecule has 1 aromatic carbocycles. The van der Waals surface area contributed by atoms with Crippen molar-refractivity contribution in [2.45, 2.75) is 6.92 Å². The van der Waals surface area contributed by atoms with Crippen molar-refractivity contribution in [1.82, 2.24) is 14.8 Å². The van der Waals surface area contributed by atoms with Crippen LogP contribution in [-0.2, 0) is 7.05 Å². The van der Waals surface area contributed by atoms with Crippen LogP contribution in [0, 0.1) is 6.92 Å². The summed E-state index contributed by atoms with van der Waals surface area (Å²) in [5.41, 5.74) is 3.68. The number of pyridine rings is 1. The van der Waals surface area contributed by atoms with Crippen LogP contribution in [0.4, 0.5) is 11.4 Å². The number of aliphatic hydroxyl groups excluding tert-OH is 1. The first-order chi connectivity index (χ1) is 12.0. The Labute approximate surface area is 145 Å². The maximum atomic E-state index is 12.7. The maximum absolute atomic E-state index is 12.7. The highest BCUT2D eigenvalue weighted by molar-refractivity contribution is 6.12. The Hall–Kier alpha value is -2.93. The number of nitrogens with zero attached hydrogens (tertiary/aromatic N) is 4. The minimum atomic E-state index is -0.194. The van der Waals surface area contributed by atoms with Crippen LogP contribution < -0.4 is 10.2 Å². The van der Waals surface area contributed by atoms with Crippen molar-refractivity contribution < 1.29 is 9.90 Å². The lowest BCUT2D eigenvalue weighted by atomic mass is 10.1. The lowest BCUT2D eigenvalue weighted by molar-refractivity contribution is 0.102. The number of rotatable bonds is 5. The van der Waals surface area contributed by atoms with E-state index in [1.54, 1.807) is 24.0 Å². The molecule has 0 bridgehead atoms. The zero-order valence-electron chi connectivity index (χ0n) is 14.5. The molecule has 0 saturated carbocycles. The Kier molecular flexibility index (Phi) is 4.67. The van der Waals surface area contributed by atoms with E-state index in [-0.39, 0.29) is 12.5 Å². The van der Waals surface area contributed by atoms with Gasteiger partial charge in [0, 0.05) is 37.7 Å². The standard InChI is InChI=1S/C18H21N5O2/c1-12-10-15(16-11-19-23(3)17(16)20-12)18(25)21-13-4-6-14(7-5-13)22(2)8-9-24/h4-7,10-11,24H,8-9H2,1-3H3,(H,21,25). The molecule has 0 aliphatic carbocycles. The average molecular weight is 339 g/mol. The van der Waals surface area contributed by atoms with E-state index < -0.39 is 0 Å². The van der Waals surface area contributed by atoms with E-state index in [1.807, 2.05) is 43.1 Å². The highest BCUT2D eigenvalue weighted by Crippen LogP contribution is 2.21. The largest absolute Gasteiger partial charge is 0.395 e. The number of hydrogen-bond donors (Lipinski definition) is 2. The number of benzene rings is 1. The summed E-state index contributed by atoms with van der Waals surface area (Å²) in [5.74, 6) is -0.194. The minimum absolute atomic E-state index is 0.0947. The maximum Gasteiger partial charge on any atom is 0.256 e. The van der Waals surface area contributed by atoms with E-state index in [0.29, 0.717) is 23.4 Å². The summed E-state index contributed by atoms with van der Waals surface area (Å²) in [4.78, 5) is 19.1. The molecule has 3 rings (SSSR count). The molecule has 0 aliphatic heterocycles. The van der Waals surface area contributed by atoms with Gasteiger partial charge < -0.3 is 15.3 Å². The van der Waals surface area contributed by atoms with Crippen LogP contribution in [0.3, 0.4) is 0 Å². The average Bonchev–Trinajstić information content (AvgIpc) is 2.96. The van der Waals surface area contributed by atoms with Gasteiger partial charge in [0.15, 0.2) is 5.65 Å². The molecular weight excluding hydrogens is 318 g/mol. The predicted molar refractivity (Wildman–Crippen MR) is 98.0 cm³/mol. The second kappa shape index (κ2) is 6.90. The van der Waals surface area contributed by atoms with Gasteiger partial charge in [-0.1, -0.05) is 0 Å². The molecule has 7 heteroatoms. The summed E-state index contributed by atoms with van der Waals surface area (Å²) in [7, 11) is 3.71. The quantitative estimate of drug-likeness (QED) is 0.742.